The van der Waals surface area contributed by atoms with Gasteiger partial charge in [0.25, 0.3) is 0 Å². The number of nitrogens with one attached hydrogen (secondary N) is 1. The highest BCUT2D eigenvalue weighted by Gasteiger charge is 2.23. The summed E-state index contributed by atoms with van der Waals surface area (Å²) >= 11 is 8.56. The third-order valence-electron chi connectivity index (χ3n) is 5.60. The van der Waals surface area contributed by atoms with Gasteiger partial charge in [0.15, 0.2) is 11.0 Å². The number of thioether (sulfide) groups is 1. The lowest BCUT2D eigenvalue weighted by Gasteiger charge is -2.13. The number of carbonyl (C=O) groups excluding carboxylic acids is 2. The van der Waals surface area contributed by atoms with Gasteiger partial charge >= 0.3 is 5.97 Å². The maximum absolute atomic E-state index is 12.9. The monoisotopic (exact) mass is 555 g/mol. The van der Waals surface area contributed by atoms with Gasteiger partial charge in [0.05, 0.1) is 12.9 Å². The smallest absolute Gasteiger partial charge is 0.341 e. The molecule has 4 rings (SSSR count). The molecule has 2 aromatic carbocycles. The molecule has 2 aromatic heterocycles. The van der Waals surface area contributed by atoms with Crippen LogP contribution in [0.15, 0.2) is 59.1 Å². The lowest BCUT2D eigenvalue weighted by atomic mass is 10.0. The second kappa shape index (κ2) is 11.8. The normalized spacial score (nSPS) is 10.8. The number of methoxy groups -OCH3 is 1. The third-order valence-corrected chi connectivity index (χ3v) is 7.71. The van der Waals surface area contributed by atoms with Gasteiger partial charge < -0.3 is 19.5 Å². The first kappa shape index (κ1) is 26.7. The van der Waals surface area contributed by atoms with E-state index >= 15 is 0 Å². The summed E-state index contributed by atoms with van der Waals surface area (Å²) in [5.41, 5.74) is 3.84. The Morgan fingerprint density at radius 2 is 1.76 bits per heavy atom. The van der Waals surface area contributed by atoms with E-state index in [1.807, 2.05) is 72.3 Å². The van der Waals surface area contributed by atoms with Crippen LogP contribution in [0.5, 0.6) is 0 Å². The van der Waals surface area contributed by atoms with Crippen molar-refractivity contribution in [2.75, 3.05) is 37.2 Å². The van der Waals surface area contributed by atoms with Gasteiger partial charge in [-0.1, -0.05) is 35.5 Å². The maximum Gasteiger partial charge on any atom is 0.341 e. The summed E-state index contributed by atoms with van der Waals surface area (Å²) in [5.74, 6) is 0.0634. The van der Waals surface area contributed by atoms with Crippen LogP contribution in [-0.4, -0.2) is 53.6 Å². The van der Waals surface area contributed by atoms with Gasteiger partial charge in [0, 0.05) is 47.9 Å². The Bertz CT molecular complexity index is 1400. The fraction of sp³-hybridized carbons (Fsp3) is 0.231. The summed E-state index contributed by atoms with van der Waals surface area (Å²) in [7, 11) is 5.30. The van der Waals surface area contributed by atoms with E-state index in [2.05, 4.69) is 15.5 Å². The molecule has 2 heterocycles. The second-order valence-electron chi connectivity index (χ2n) is 8.18. The lowest BCUT2D eigenvalue weighted by Crippen LogP contribution is -2.16. The zero-order chi connectivity index (χ0) is 26.5. The molecule has 0 aliphatic rings. The molecule has 11 heteroatoms. The van der Waals surface area contributed by atoms with Crippen molar-refractivity contribution in [2.45, 2.75) is 18.6 Å². The first-order chi connectivity index (χ1) is 17.8. The van der Waals surface area contributed by atoms with E-state index in [-0.39, 0.29) is 11.7 Å². The molecule has 0 aliphatic heterocycles. The van der Waals surface area contributed by atoms with Crippen LogP contribution in [0.3, 0.4) is 0 Å². The van der Waals surface area contributed by atoms with Crippen LogP contribution in [-0.2, 0) is 16.1 Å². The number of carbonyl (C=O) groups is 2. The van der Waals surface area contributed by atoms with E-state index in [0.717, 1.165) is 22.6 Å². The molecule has 1 amide bonds. The maximum atomic E-state index is 12.9. The Balaban J connectivity index is 1.49. The molecule has 0 radical (unpaired) electrons. The molecule has 1 N–H and O–H groups in total. The molecule has 0 aliphatic carbocycles. The van der Waals surface area contributed by atoms with Crippen molar-refractivity contribution in [3.63, 3.8) is 0 Å². The van der Waals surface area contributed by atoms with E-state index in [0.29, 0.717) is 32.9 Å². The molecule has 37 heavy (non-hydrogen) atoms. The Kier molecular flexibility index (Phi) is 8.52. The van der Waals surface area contributed by atoms with E-state index < -0.39 is 5.97 Å². The average molecular weight is 556 g/mol. The van der Waals surface area contributed by atoms with Crippen LogP contribution >= 0.6 is 34.7 Å². The number of thiophene rings is 1. The molecule has 192 valence electrons. The van der Waals surface area contributed by atoms with Crippen molar-refractivity contribution in [2.24, 2.45) is 0 Å². The van der Waals surface area contributed by atoms with Gasteiger partial charge in [0.1, 0.15) is 10.6 Å². The van der Waals surface area contributed by atoms with Crippen molar-refractivity contribution in [1.82, 2.24) is 14.8 Å². The topological polar surface area (TPSA) is 89.3 Å². The number of nitrogens with zero attached hydrogens (tertiary/aromatic N) is 4. The van der Waals surface area contributed by atoms with Crippen LogP contribution in [0.1, 0.15) is 17.3 Å². The highest BCUT2D eigenvalue weighted by molar-refractivity contribution is 7.99. The van der Waals surface area contributed by atoms with E-state index in [4.69, 9.17) is 16.3 Å². The van der Waals surface area contributed by atoms with Crippen molar-refractivity contribution in [3.05, 3.63) is 64.5 Å². The number of hydrogen-bond acceptors (Lipinski definition) is 8. The van der Waals surface area contributed by atoms with Crippen molar-refractivity contribution in [3.8, 4) is 22.5 Å². The summed E-state index contributed by atoms with van der Waals surface area (Å²) in [5, 5.41) is 15.0. The first-order valence-corrected chi connectivity index (χ1v) is 13.7. The predicted octanol–water partition coefficient (Wildman–Crippen LogP) is 5.93. The number of esters is 1. The fourth-order valence-corrected chi connectivity index (χ4v) is 5.59. The van der Waals surface area contributed by atoms with Crippen molar-refractivity contribution >= 4 is 57.3 Å². The van der Waals surface area contributed by atoms with Crippen LogP contribution in [0.25, 0.3) is 22.5 Å². The zero-order valence-electron chi connectivity index (χ0n) is 20.8. The minimum atomic E-state index is -0.523. The first-order valence-electron chi connectivity index (χ1n) is 11.4. The van der Waals surface area contributed by atoms with E-state index in [1.54, 1.807) is 12.1 Å². The molecular formula is C26H26ClN5O3S2. The number of halogens is 1. The SMILES string of the molecule is CCn1c(SCC(=O)Nc2scc(-c3ccc(Cl)cc3)c2C(=O)OC)nnc1-c1ccc(N(C)C)cc1. The molecular weight excluding hydrogens is 530 g/mol. The van der Waals surface area contributed by atoms with Gasteiger partial charge in [-0.2, -0.15) is 0 Å². The number of anilines is 2. The predicted molar refractivity (Wildman–Crippen MR) is 151 cm³/mol. The minimum Gasteiger partial charge on any atom is -0.465 e. The highest BCUT2D eigenvalue weighted by Crippen LogP contribution is 2.37. The molecule has 0 fully saturated rings. The molecule has 0 saturated heterocycles. The molecule has 4 aromatic rings. The number of hydrogen-bond donors (Lipinski definition) is 1. The van der Waals surface area contributed by atoms with Crippen LogP contribution in [0, 0.1) is 0 Å². The Morgan fingerprint density at radius 1 is 1.08 bits per heavy atom. The van der Waals surface area contributed by atoms with Crippen LogP contribution < -0.4 is 10.2 Å². The zero-order valence-corrected chi connectivity index (χ0v) is 23.2. The summed E-state index contributed by atoms with van der Waals surface area (Å²) in [6, 6.07) is 15.2. The van der Waals surface area contributed by atoms with Crippen molar-refractivity contribution in [1.29, 1.82) is 0 Å². The molecule has 0 unspecified atom stereocenters. The molecule has 0 spiro atoms. The molecule has 8 nitrogen and oxygen atoms in total. The number of ether oxygens (including phenoxy) is 1. The van der Waals surface area contributed by atoms with E-state index in [1.165, 1.54) is 30.2 Å². The second-order valence-corrected chi connectivity index (χ2v) is 10.4. The summed E-state index contributed by atoms with van der Waals surface area (Å²) in [6.45, 7) is 2.67. The fourth-order valence-electron chi connectivity index (χ4n) is 3.69. The van der Waals surface area contributed by atoms with Gasteiger partial charge in [-0.05, 0) is 48.9 Å². The Labute approximate surface area is 228 Å². The average Bonchev–Trinajstić information content (AvgIpc) is 3.51. The summed E-state index contributed by atoms with van der Waals surface area (Å²) in [4.78, 5) is 27.5. The third kappa shape index (κ3) is 5.98. The Morgan fingerprint density at radius 3 is 2.38 bits per heavy atom. The van der Waals surface area contributed by atoms with Gasteiger partial charge in [-0.15, -0.1) is 21.5 Å². The molecule has 0 bridgehead atoms. The lowest BCUT2D eigenvalue weighted by molar-refractivity contribution is -0.113. The van der Waals surface area contributed by atoms with Crippen LogP contribution in [0.2, 0.25) is 5.02 Å². The number of amides is 1. The number of benzene rings is 2. The number of rotatable bonds is 9. The van der Waals surface area contributed by atoms with Gasteiger partial charge in [0.2, 0.25) is 5.91 Å². The number of aromatic nitrogens is 3. The van der Waals surface area contributed by atoms with E-state index in [9.17, 15) is 9.59 Å². The van der Waals surface area contributed by atoms with Gasteiger partial charge in [-0.3, -0.25) is 4.79 Å². The Hall–Kier alpha value is -3.34. The largest absolute Gasteiger partial charge is 0.465 e. The standard InChI is InChI=1S/C26H26ClN5O3S2/c1-5-32-23(17-8-12-19(13-9-17)31(2)3)29-30-26(32)37-15-21(33)28-24-22(25(34)35-4)20(14-36-24)16-6-10-18(27)11-7-16/h6-14H,5,15H2,1-4H3,(H,28,33). The van der Waals surface area contributed by atoms with Crippen molar-refractivity contribution < 1.29 is 14.3 Å². The minimum absolute atomic E-state index is 0.104. The summed E-state index contributed by atoms with van der Waals surface area (Å²) < 4.78 is 6.97. The van der Waals surface area contributed by atoms with Crippen LogP contribution in [0.4, 0.5) is 10.7 Å². The quantitative estimate of drug-likeness (QED) is 0.202. The molecule has 0 saturated carbocycles. The summed E-state index contributed by atoms with van der Waals surface area (Å²) in [6.07, 6.45) is 0. The highest BCUT2D eigenvalue weighted by atomic mass is 35.5. The molecule has 0 atom stereocenters. The van der Waals surface area contributed by atoms with Gasteiger partial charge in [-0.25, -0.2) is 4.79 Å².